The van der Waals surface area contributed by atoms with Gasteiger partial charge in [-0.1, -0.05) is 13.3 Å². The van der Waals surface area contributed by atoms with Crippen LogP contribution in [0.15, 0.2) is 16.6 Å². The summed E-state index contributed by atoms with van der Waals surface area (Å²) >= 11 is 2.99. The maximum absolute atomic E-state index is 14.0. The summed E-state index contributed by atoms with van der Waals surface area (Å²) in [4.78, 5) is 25.1. The van der Waals surface area contributed by atoms with E-state index in [-0.39, 0.29) is 34.9 Å². The molecule has 1 N–H and O–H groups in total. The average molecular weight is 361 g/mol. The van der Waals surface area contributed by atoms with Crippen LogP contribution in [0.2, 0.25) is 0 Å². The lowest BCUT2D eigenvalue weighted by molar-refractivity contribution is -0.146. The molecule has 0 bridgehead atoms. The first-order valence-corrected chi connectivity index (χ1v) is 7.44. The van der Waals surface area contributed by atoms with Crippen molar-refractivity contribution in [3.63, 3.8) is 0 Å². The molecule has 0 radical (unpaired) electrons. The van der Waals surface area contributed by atoms with Crippen molar-refractivity contribution in [3.05, 3.63) is 33.8 Å². The van der Waals surface area contributed by atoms with Crippen molar-refractivity contribution in [2.24, 2.45) is 0 Å². The molecule has 1 aliphatic rings. The lowest BCUT2D eigenvalue weighted by atomic mass is 10.0. The van der Waals surface area contributed by atoms with Crippen LogP contribution in [0.4, 0.5) is 8.78 Å². The first-order chi connectivity index (χ1) is 9.95. The minimum absolute atomic E-state index is 0.125. The van der Waals surface area contributed by atoms with Crippen LogP contribution in [-0.2, 0) is 16.1 Å². The van der Waals surface area contributed by atoms with Gasteiger partial charge in [0, 0.05) is 5.56 Å². The molecular formula is C14H15BrF2N2O2. The number of nitrogens with one attached hydrogen (secondary N) is 1. The Morgan fingerprint density at radius 3 is 2.76 bits per heavy atom. The van der Waals surface area contributed by atoms with Crippen LogP contribution < -0.4 is 5.32 Å². The Balaban J connectivity index is 2.33. The summed E-state index contributed by atoms with van der Waals surface area (Å²) in [5.41, 5.74) is -0.214. The Labute approximate surface area is 129 Å². The maximum atomic E-state index is 14.0. The molecule has 4 nitrogen and oxygen atoms in total. The predicted molar refractivity (Wildman–Crippen MR) is 76.3 cm³/mol. The van der Waals surface area contributed by atoms with E-state index in [1.54, 1.807) is 0 Å². The monoisotopic (exact) mass is 360 g/mol. The van der Waals surface area contributed by atoms with Gasteiger partial charge in [0.15, 0.2) is 0 Å². The number of amides is 2. The third kappa shape index (κ3) is 3.23. The van der Waals surface area contributed by atoms with Gasteiger partial charge in [-0.05, 0) is 34.5 Å². The SMILES string of the molecule is CCCC1C(=O)NCC(=O)N1Cc1c(F)ccc(Br)c1F. The van der Waals surface area contributed by atoms with E-state index in [4.69, 9.17) is 0 Å². The second-order valence-electron chi connectivity index (χ2n) is 4.87. The zero-order valence-electron chi connectivity index (χ0n) is 11.5. The molecular weight excluding hydrogens is 346 g/mol. The smallest absolute Gasteiger partial charge is 0.243 e. The van der Waals surface area contributed by atoms with Gasteiger partial charge in [-0.3, -0.25) is 9.59 Å². The summed E-state index contributed by atoms with van der Waals surface area (Å²) in [6.07, 6.45) is 1.14. The molecule has 0 spiro atoms. The fourth-order valence-electron chi connectivity index (χ4n) is 2.34. The van der Waals surface area contributed by atoms with Gasteiger partial charge in [0.25, 0.3) is 0 Å². The number of carbonyl (C=O) groups excluding carboxylic acids is 2. The lowest BCUT2D eigenvalue weighted by Crippen LogP contribution is -2.57. The van der Waals surface area contributed by atoms with Gasteiger partial charge in [-0.2, -0.15) is 0 Å². The minimum Gasteiger partial charge on any atom is -0.345 e. The largest absolute Gasteiger partial charge is 0.345 e. The third-order valence-electron chi connectivity index (χ3n) is 3.44. The van der Waals surface area contributed by atoms with Crippen LogP contribution in [0.3, 0.4) is 0 Å². The number of nitrogens with zero attached hydrogens (tertiary/aromatic N) is 1. The fraction of sp³-hybridized carbons (Fsp3) is 0.429. The highest BCUT2D eigenvalue weighted by atomic mass is 79.9. The van der Waals surface area contributed by atoms with Crippen LogP contribution in [0.5, 0.6) is 0 Å². The van der Waals surface area contributed by atoms with Crippen molar-refractivity contribution in [1.29, 1.82) is 0 Å². The molecule has 0 aliphatic carbocycles. The second kappa shape index (κ2) is 6.51. The molecule has 1 aliphatic heterocycles. The Morgan fingerprint density at radius 2 is 2.10 bits per heavy atom. The number of carbonyl (C=O) groups is 2. The molecule has 0 aromatic heterocycles. The van der Waals surface area contributed by atoms with E-state index in [0.717, 1.165) is 6.07 Å². The number of benzene rings is 1. The second-order valence-corrected chi connectivity index (χ2v) is 5.72. The van der Waals surface area contributed by atoms with Crippen LogP contribution >= 0.6 is 15.9 Å². The molecule has 7 heteroatoms. The lowest BCUT2D eigenvalue weighted by Gasteiger charge is -2.35. The first kappa shape index (κ1) is 15.9. The van der Waals surface area contributed by atoms with E-state index in [0.29, 0.717) is 12.8 Å². The molecule has 1 aromatic rings. The Kier molecular flexibility index (Phi) is 4.92. The van der Waals surface area contributed by atoms with Gasteiger partial charge >= 0.3 is 0 Å². The fourth-order valence-corrected chi connectivity index (χ4v) is 2.71. The van der Waals surface area contributed by atoms with E-state index in [1.807, 2.05) is 6.92 Å². The van der Waals surface area contributed by atoms with E-state index >= 15 is 0 Å². The normalized spacial score (nSPS) is 18.9. The Bertz CT molecular complexity index is 580. The standard InChI is InChI=1S/C14H15BrF2N2O2/c1-2-3-11-14(21)18-6-12(20)19(11)7-8-10(16)5-4-9(15)13(8)17/h4-5,11H,2-3,6-7H2,1H3,(H,18,21). The molecule has 1 aromatic carbocycles. The molecule has 0 saturated carbocycles. The molecule has 114 valence electrons. The molecule has 2 amide bonds. The molecule has 21 heavy (non-hydrogen) atoms. The highest BCUT2D eigenvalue weighted by molar-refractivity contribution is 9.10. The number of rotatable bonds is 4. The molecule has 2 rings (SSSR count). The number of hydrogen-bond acceptors (Lipinski definition) is 2. The van der Waals surface area contributed by atoms with Crippen molar-refractivity contribution in [1.82, 2.24) is 10.2 Å². The van der Waals surface area contributed by atoms with E-state index in [1.165, 1.54) is 11.0 Å². The van der Waals surface area contributed by atoms with Gasteiger partial charge in [0.05, 0.1) is 17.6 Å². The van der Waals surface area contributed by atoms with Crippen LogP contribution in [-0.4, -0.2) is 29.3 Å². The molecule has 1 fully saturated rings. The Morgan fingerprint density at radius 1 is 1.38 bits per heavy atom. The molecule has 1 atom stereocenters. The summed E-state index contributed by atoms with van der Waals surface area (Å²) in [5, 5.41) is 2.50. The molecule has 1 unspecified atom stereocenters. The molecule has 1 saturated heterocycles. The maximum Gasteiger partial charge on any atom is 0.243 e. The quantitative estimate of drug-likeness (QED) is 0.838. The topological polar surface area (TPSA) is 49.4 Å². The van der Waals surface area contributed by atoms with Gasteiger partial charge in [-0.15, -0.1) is 0 Å². The van der Waals surface area contributed by atoms with Crippen LogP contribution in [0, 0.1) is 11.6 Å². The van der Waals surface area contributed by atoms with Crippen molar-refractivity contribution >= 4 is 27.7 Å². The number of halogens is 3. The van der Waals surface area contributed by atoms with Gasteiger partial charge in [0.1, 0.15) is 17.7 Å². The zero-order chi connectivity index (χ0) is 15.6. The first-order valence-electron chi connectivity index (χ1n) is 6.65. The van der Waals surface area contributed by atoms with Crippen LogP contribution in [0.25, 0.3) is 0 Å². The summed E-state index contributed by atoms with van der Waals surface area (Å²) in [6, 6.07) is 1.71. The highest BCUT2D eigenvalue weighted by Crippen LogP contribution is 2.25. The van der Waals surface area contributed by atoms with Gasteiger partial charge < -0.3 is 10.2 Å². The summed E-state index contributed by atoms with van der Waals surface area (Å²) in [6.45, 7) is 1.48. The predicted octanol–water partition coefficient (Wildman–Crippen LogP) is 2.35. The van der Waals surface area contributed by atoms with Gasteiger partial charge in [0.2, 0.25) is 11.8 Å². The van der Waals surface area contributed by atoms with Gasteiger partial charge in [-0.25, -0.2) is 8.78 Å². The third-order valence-corrected chi connectivity index (χ3v) is 4.05. The summed E-state index contributed by atoms with van der Waals surface area (Å²) in [7, 11) is 0. The average Bonchev–Trinajstić information content (AvgIpc) is 2.46. The number of piperazine rings is 1. The van der Waals surface area contributed by atoms with Crippen molar-refractivity contribution < 1.29 is 18.4 Å². The summed E-state index contributed by atoms with van der Waals surface area (Å²) in [5.74, 6) is -2.10. The van der Waals surface area contributed by atoms with Crippen molar-refractivity contribution in [2.45, 2.75) is 32.4 Å². The number of hydrogen-bond donors (Lipinski definition) is 1. The molecule has 1 heterocycles. The van der Waals surface area contributed by atoms with E-state index < -0.39 is 17.7 Å². The zero-order valence-corrected chi connectivity index (χ0v) is 13.0. The van der Waals surface area contributed by atoms with Crippen molar-refractivity contribution in [3.8, 4) is 0 Å². The van der Waals surface area contributed by atoms with Crippen LogP contribution in [0.1, 0.15) is 25.3 Å². The Hall–Kier alpha value is -1.50. The summed E-state index contributed by atoms with van der Waals surface area (Å²) < 4.78 is 28.0. The van der Waals surface area contributed by atoms with E-state index in [9.17, 15) is 18.4 Å². The van der Waals surface area contributed by atoms with Crippen molar-refractivity contribution in [2.75, 3.05) is 6.54 Å². The minimum atomic E-state index is -0.746. The van der Waals surface area contributed by atoms with E-state index in [2.05, 4.69) is 21.2 Å². The highest BCUT2D eigenvalue weighted by Gasteiger charge is 2.34.